The van der Waals surface area contributed by atoms with Gasteiger partial charge < -0.3 is 4.74 Å². The maximum atomic E-state index is 12.5. The van der Waals surface area contributed by atoms with E-state index >= 15 is 0 Å². The van der Waals surface area contributed by atoms with Crippen molar-refractivity contribution in [2.45, 2.75) is 30.2 Å². The maximum absolute atomic E-state index is 12.5. The molecule has 1 aromatic heterocycles. The average Bonchev–Trinajstić information content (AvgIpc) is 3.34. The molecule has 0 aliphatic heterocycles. The lowest BCUT2D eigenvalue weighted by molar-refractivity contribution is 0.402. The van der Waals surface area contributed by atoms with Crippen LogP contribution < -0.4 is 10.3 Å². The molecule has 8 heteroatoms. The lowest BCUT2D eigenvalue weighted by atomic mass is 10.2. The van der Waals surface area contributed by atoms with Gasteiger partial charge in [-0.25, -0.2) is 13.1 Å². The number of hydrogen-bond donors (Lipinski definition) is 0. The fraction of sp³-hybridized carbons (Fsp3) is 0.375. The molecule has 1 saturated carbocycles. The largest absolute Gasteiger partial charge is 0.495 e. The molecule has 0 radical (unpaired) electrons. The van der Waals surface area contributed by atoms with Gasteiger partial charge in [-0.15, -0.1) is 0 Å². The zero-order valence-electron chi connectivity index (χ0n) is 13.3. The van der Waals surface area contributed by atoms with Crippen molar-refractivity contribution in [3.05, 3.63) is 50.9 Å². The highest BCUT2D eigenvalue weighted by Gasteiger charge is 2.27. The summed E-state index contributed by atoms with van der Waals surface area (Å²) in [6.45, 7) is 0.144. The predicted octanol–water partition coefficient (Wildman–Crippen LogP) is 2.23. The van der Waals surface area contributed by atoms with Gasteiger partial charge in [0, 0.05) is 11.8 Å². The van der Waals surface area contributed by atoms with E-state index in [9.17, 15) is 13.2 Å². The SMILES string of the molecule is COc1ccc(Cn2nc(Cl)cc(C3CC3)c2=O)cc1S(C)(=O)=O. The van der Waals surface area contributed by atoms with Crippen LogP contribution >= 0.6 is 11.6 Å². The highest BCUT2D eigenvalue weighted by Crippen LogP contribution is 2.38. The van der Waals surface area contributed by atoms with Gasteiger partial charge in [0.15, 0.2) is 9.84 Å². The Morgan fingerprint density at radius 3 is 2.62 bits per heavy atom. The van der Waals surface area contributed by atoms with Crippen LogP contribution in [0.25, 0.3) is 0 Å². The third-order valence-electron chi connectivity index (χ3n) is 3.95. The molecular formula is C16H17ClN2O4S. The van der Waals surface area contributed by atoms with Crippen LogP contribution in [0.1, 0.15) is 29.9 Å². The molecule has 1 heterocycles. The number of nitrogens with zero attached hydrogens (tertiary/aromatic N) is 2. The minimum atomic E-state index is -3.45. The molecule has 0 atom stereocenters. The summed E-state index contributed by atoms with van der Waals surface area (Å²) in [6, 6.07) is 6.40. The summed E-state index contributed by atoms with van der Waals surface area (Å²) in [4.78, 5) is 12.6. The van der Waals surface area contributed by atoms with E-state index in [1.54, 1.807) is 18.2 Å². The maximum Gasteiger partial charge on any atom is 0.270 e. The fourth-order valence-electron chi connectivity index (χ4n) is 2.60. The van der Waals surface area contributed by atoms with E-state index in [2.05, 4.69) is 5.10 Å². The molecule has 0 bridgehead atoms. The highest BCUT2D eigenvalue weighted by atomic mass is 35.5. The molecule has 0 N–H and O–H groups in total. The van der Waals surface area contributed by atoms with E-state index in [4.69, 9.17) is 16.3 Å². The van der Waals surface area contributed by atoms with Crippen molar-refractivity contribution in [1.29, 1.82) is 0 Å². The third kappa shape index (κ3) is 3.47. The van der Waals surface area contributed by atoms with Crippen LogP contribution in [0.15, 0.2) is 34.0 Å². The minimum absolute atomic E-state index is 0.0833. The van der Waals surface area contributed by atoms with Crippen LogP contribution in [0.3, 0.4) is 0 Å². The Hall–Kier alpha value is -1.86. The van der Waals surface area contributed by atoms with Gasteiger partial charge in [-0.05, 0) is 42.5 Å². The van der Waals surface area contributed by atoms with E-state index in [1.807, 2.05) is 0 Å². The van der Waals surface area contributed by atoms with Gasteiger partial charge in [0.1, 0.15) is 15.8 Å². The molecule has 6 nitrogen and oxygen atoms in total. The lowest BCUT2D eigenvalue weighted by Crippen LogP contribution is -2.26. The molecule has 0 spiro atoms. The van der Waals surface area contributed by atoms with Crippen molar-refractivity contribution in [3.8, 4) is 5.75 Å². The van der Waals surface area contributed by atoms with Crippen LogP contribution in [0.2, 0.25) is 5.15 Å². The van der Waals surface area contributed by atoms with Gasteiger partial charge >= 0.3 is 0 Å². The molecule has 0 amide bonds. The molecule has 1 fully saturated rings. The second-order valence-electron chi connectivity index (χ2n) is 5.92. The van der Waals surface area contributed by atoms with Gasteiger partial charge in [0.05, 0.1) is 13.7 Å². The monoisotopic (exact) mass is 368 g/mol. The Kier molecular flexibility index (Phi) is 4.40. The molecule has 1 aromatic carbocycles. The van der Waals surface area contributed by atoms with E-state index in [0.29, 0.717) is 11.1 Å². The zero-order chi connectivity index (χ0) is 17.5. The Labute approximate surface area is 144 Å². The van der Waals surface area contributed by atoms with Crippen LogP contribution in [0.5, 0.6) is 5.75 Å². The number of halogens is 1. The van der Waals surface area contributed by atoms with Gasteiger partial charge in [0.25, 0.3) is 5.56 Å². The first-order chi connectivity index (χ1) is 11.3. The smallest absolute Gasteiger partial charge is 0.270 e. The van der Waals surface area contributed by atoms with Crippen molar-refractivity contribution < 1.29 is 13.2 Å². The van der Waals surface area contributed by atoms with Crippen molar-refractivity contribution in [1.82, 2.24) is 9.78 Å². The van der Waals surface area contributed by atoms with E-state index in [1.165, 1.54) is 17.9 Å². The van der Waals surface area contributed by atoms with Crippen LogP contribution in [0, 0.1) is 0 Å². The number of hydrogen-bond acceptors (Lipinski definition) is 5. The van der Waals surface area contributed by atoms with E-state index in [0.717, 1.165) is 19.1 Å². The summed E-state index contributed by atoms with van der Waals surface area (Å²) in [6.07, 6.45) is 3.08. The molecular weight excluding hydrogens is 352 g/mol. The first-order valence-electron chi connectivity index (χ1n) is 7.44. The Balaban J connectivity index is 2.02. The number of sulfone groups is 1. The van der Waals surface area contributed by atoms with E-state index in [-0.39, 0.29) is 33.8 Å². The van der Waals surface area contributed by atoms with Crippen LogP contribution in [0.4, 0.5) is 0 Å². The minimum Gasteiger partial charge on any atom is -0.495 e. The number of aromatic nitrogens is 2. The summed E-state index contributed by atoms with van der Waals surface area (Å²) in [5.74, 6) is 0.526. The van der Waals surface area contributed by atoms with Gasteiger partial charge in [-0.1, -0.05) is 17.7 Å². The van der Waals surface area contributed by atoms with Crippen LogP contribution in [-0.2, 0) is 16.4 Å². The fourth-order valence-corrected chi connectivity index (χ4v) is 3.70. The molecule has 1 aliphatic carbocycles. The van der Waals surface area contributed by atoms with Crippen LogP contribution in [-0.4, -0.2) is 31.6 Å². The quantitative estimate of drug-likeness (QED) is 0.808. The lowest BCUT2D eigenvalue weighted by Gasteiger charge is -2.11. The first-order valence-corrected chi connectivity index (χ1v) is 9.71. The van der Waals surface area contributed by atoms with Gasteiger partial charge in [-0.3, -0.25) is 4.79 Å². The molecule has 128 valence electrons. The number of rotatable bonds is 5. The highest BCUT2D eigenvalue weighted by molar-refractivity contribution is 7.90. The van der Waals surface area contributed by atoms with E-state index < -0.39 is 9.84 Å². The van der Waals surface area contributed by atoms with Gasteiger partial charge in [-0.2, -0.15) is 5.10 Å². The molecule has 3 rings (SSSR count). The summed E-state index contributed by atoms with van der Waals surface area (Å²) in [5, 5.41) is 4.32. The topological polar surface area (TPSA) is 78.3 Å². The number of ether oxygens (including phenoxy) is 1. The normalized spacial score (nSPS) is 14.6. The zero-order valence-corrected chi connectivity index (χ0v) is 14.9. The molecule has 0 unspecified atom stereocenters. The molecule has 1 aliphatic rings. The second-order valence-corrected chi connectivity index (χ2v) is 8.29. The molecule has 24 heavy (non-hydrogen) atoms. The van der Waals surface area contributed by atoms with Crippen molar-refractivity contribution in [3.63, 3.8) is 0 Å². The summed E-state index contributed by atoms with van der Waals surface area (Å²) >= 11 is 6.02. The Morgan fingerprint density at radius 2 is 2.04 bits per heavy atom. The molecule has 0 saturated heterocycles. The van der Waals surface area contributed by atoms with Crippen molar-refractivity contribution in [2.24, 2.45) is 0 Å². The number of benzene rings is 1. The first kappa shape index (κ1) is 17.0. The third-order valence-corrected chi connectivity index (χ3v) is 5.25. The predicted molar refractivity (Wildman–Crippen MR) is 90.7 cm³/mol. The Morgan fingerprint density at radius 1 is 1.33 bits per heavy atom. The Bertz CT molecular complexity index is 949. The number of methoxy groups -OCH3 is 1. The summed E-state index contributed by atoms with van der Waals surface area (Å²) in [5.41, 5.74) is 1.13. The van der Waals surface area contributed by atoms with Gasteiger partial charge in [0.2, 0.25) is 0 Å². The average molecular weight is 369 g/mol. The standard InChI is InChI=1S/C16H17ClN2O4S/c1-23-13-6-3-10(7-14(13)24(2,21)22)9-19-16(20)12(11-4-5-11)8-15(17)18-19/h3,6-8,11H,4-5,9H2,1-2H3. The second kappa shape index (κ2) is 6.22. The van der Waals surface area contributed by atoms with Crippen molar-refractivity contribution >= 4 is 21.4 Å². The molecule has 2 aromatic rings. The summed E-state index contributed by atoms with van der Waals surface area (Å²) in [7, 11) is -2.04. The van der Waals surface area contributed by atoms with Crippen molar-refractivity contribution in [2.75, 3.05) is 13.4 Å². The summed E-state index contributed by atoms with van der Waals surface area (Å²) < 4.78 is 30.2.